The van der Waals surface area contributed by atoms with Gasteiger partial charge in [0.25, 0.3) is 5.91 Å². The van der Waals surface area contributed by atoms with Gasteiger partial charge in [0.1, 0.15) is 0 Å². The summed E-state index contributed by atoms with van der Waals surface area (Å²) in [6, 6.07) is 13.9. The van der Waals surface area contributed by atoms with E-state index in [1.54, 1.807) is 33.5 Å². The molecule has 0 saturated carbocycles. The van der Waals surface area contributed by atoms with Gasteiger partial charge in [0.2, 0.25) is 10.0 Å². The third kappa shape index (κ3) is 4.50. The maximum absolute atomic E-state index is 13.6. The van der Waals surface area contributed by atoms with Crippen LogP contribution in [-0.2, 0) is 10.0 Å². The van der Waals surface area contributed by atoms with Crippen LogP contribution in [0.3, 0.4) is 0 Å². The molecule has 1 aromatic heterocycles. The Balaban J connectivity index is 1.45. The highest BCUT2D eigenvalue weighted by Crippen LogP contribution is 2.32. The number of hydrogen-bond acceptors (Lipinski definition) is 6. The van der Waals surface area contributed by atoms with E-state index in [4.69, 9.17) is 9.97 Å². The minimum absolute atomic E-state index is 0.213. The van der Waals surface area contributed by atoms with Gasteiger partial charge < -0.3 is 4.90 Å². The molecule has 9 heteroatoms. The highest BCUT2D eigenvalue weighted by atomic mass is 32.2. The van der Waals surface area contributed by atoms with Crippen molar-refractivity contribution in [3.63, 3.8) is 0 Å². The molecule has 184 valence electrons. The Morgan fingerprint density at radius 3 is 2.11 bits per heavy atom. The van der Waals surface area contributed by atoms with Crippen molar-refractivity contribution in [2.75, 3.05) is 43.0 Å². The van der Waals surface area contributed by atoms with Crippen LogP contribution in [0.25, 0.3) is 11.0 Å². The Bertz CT molecular complexity index is 1350. The molecule has 0 bridgehead atoms. The summed E-state index contributed by atoms with van der Waals surface area (Å²) in [4.78, 5) is 27.1. The maximum atomic E-state index is 13.6. The number of hydrogen-bond donors (Lipinski definition) is 0. The lowest BCUT2D eigenvalue weighted by molar-refractivity contribution is 0.0986. The number of piperidine rings is 1. The summed E-state index contributed by atoms with van der Waals surface area (Å²) >= 11 is 0. The van der Waals surface area contributed by atoms with Crippen molar-refractivity contribution in [3.05, 3.63) is 54.1 Å². The second kappa shape index (κ2) is 9.20. The molecule has 2 aromatic carbocycles. The van der Waals surface area contributed by atoms with E-state index >= 15 is 0 Å². The number of amides is 1. The number of sulfonamides is 1. The SMILES string of the molecule is C[C@H]1C[C@H](C)CN(S(=O)(=O)c2ccc(C(=O)N3CCCN(C)c4nc5ccccc5nc43)cc2)C1. The Labute approximate surface area is 206 Å². The lowest BCUT2D eigenvalue weighted by Crippen LogP contribution is -2.42. The fraction of sp³-hybridized carbons (Fsp3) is 0.423. The van der Waals surface area contributed by atoms with Crippen molar-refractivity contribution in [3.8, 4) is 0 Å². The zero-order valence-corrected chi connectivity index (χ0v) is 21.2. The molecule has 1 saturated heterocycles. The van der Waals surface area contributed by atoms with Crippen LogP contribution in [-0.4, -0.2) is 61.8 Å². The van der Waals surface area contributed by atoms with Gasteiger partial charge in [-0.1, -0.05) is 26.0 Å². The Hall–Kier alpha value is -3.04. The van der Waals surface area contributed by atoms with Gasteiger partial charge >= 0.3 is 0 Å². The summed E-state index contributed by atoms with van der Waals surface area (Å²) in [5, 5.41) is 0. The number of nitrogens with zero attached hydrogens (tertiary/aromatic N) is 5. The first-order chi connectivity index (χ1) is 16.7. The second-order valence-corrected chi connectivity index (χ2v) is 11.8. The average Bonchev–Trinajstić information content (AvgIpc) is 3.00. The van der Waals surface area contributed by atoms with E-state index in [1.807, 2.05) is 36.2 Å². The van der Waals surface area contributed by atoms with Crippen LogP contribution >= 0.6 is 0 Å². The lowest BCUT2D eigenvalue weighted by Gasteiger charge is -2.34. The topological polar surface area (TPSA) is 86.7 Å². The molecule has 8 nitrogen and oxygen atoms in total. The van der Waals surface area contributed by atoms with Crippen molar-refractivity contribution >= 4 is 38.6 Å². The first kappa shape index (κ1) is 23.7. The zero-order chi connectivity index (χ0) is 24.7. The molecule has 1 fully saturated rings. The molecule has 35 heavy (non-hydrogen) atoms. The van der Waals surface area contributed by atoms with Crippen LogP contribution < -0.4 is 9.80 Å². The lowest BCUT2D eigenvalue weighted by atomic mass is 9.94. The predicted molar refractivity (Wildman–Crippen MR) is 137 cm³/mol. The first-order valence-corrected chi connectivity index (χ1v) is 13.6. The number of carbonyl (C=O) groups is 1. The molecule has 5 rings (SSSR count). The van der Waals surface area contributed by atoms with Crippen LogP contribution in [0.15, 0.2) is 53.4 Å². The summed E-state index contributed by atoms with van der Waals surface area (Å²) in [7, 11) is -1.65. The van der Waals surface area contributed by atoms with Crippen LogP contribution in [0.1, 0.15) is 37.0 Å². The van der Waals surface area contributed by atoms with Gasteiger partial charge in [-0.25, -0.2) is 18.4 Å². The van der Waals surface area contributed by atoms with E-state index in [0.717, 1.165) is 30.4 Å². The van der Waals surface area contributed by atoms with E-state index in [0.29, 0.717) is 48.7 Å². The van der Waals surface area contributed by atoms with E-state index < -0.39 is 10.0 Å². The fourth-order valence-electron chi connectivity index (χ4n) is 5.17. The van der Waals surface area contributed by atoms with E-state index in [2.05, 4.69) is 13.8 Å². The molecule has 2 atom stereocenters. The molecule has 2 aliphatic heterocycles. The fourth-order valence-corrected chi connectivity index (χ4v) is 6.85. The largest absolute Gasteiger partial charge is 0.357 e. The molecule has 1 amide bonds. The average molecular weight is 494 g/mol. The molecule has 0 N–H and O–H groups in total. The third-order valence-electron chi connectivity index (χ3n) is 6.85. The first-order valence-electron chi connectivity index (χ1n) is 12.1. The normalized spacial score (nSPS) is 21.6. The number of rotatable bonds is 3. The van der Waals surface area contributed by atoms with Crippen LogP contribution in [0.2, 0.25) is 0 Å². The summed E-state index contributed by atoms with van der Waals surface area (Å²) in [5.74, 6) is 1.64. The molecule has 0 spiro atoms. The van der Waals surface area contributed by atoms with Crippen LogP contribution in [0, 0.1) is 11.8 Å². The Morgan fingerprint density at radius 1 is 0.886 bits per heavy atom. The molecular weight excluding hydrogens is 462 g/mol. The molecule has 0 radical (unpaired) electrons. The zero-order valence-electron chi connectivity index (χ0n) is 20.4. The van der Waals surface area contributed by atoms with Gasteiger partial charge in [-0.05, 0) is 61.1 Å². The van der Waals surface area contributed by atoms with Crippen LogP contribution in [0.5, 0.6) is 0 Å². The summed E-state index contributed by atoms with van der Waals surface area (Å²) in [6.07, 6.45) is 1.80. The van der Waals surface area contributed by atoms with Gasteiger partial charge in [0, 0.05) is 38.8 Å². The smallest absolute Gasteiger partial charge is 0.259 e. The van der Waals surface area contributed by atoms with Crippen molar-refractivity contribution in [1.82, 2.24) is 14.3 Å². The van der Waals surface area contributed by atoms with Gasteiger partial charge in [0.05, 0.1) is 15.9 Å². The van der Waals surface area contributed by atoms with Gasteiger partial charge in [-0.15, -0.1) is 0 Å². The van der Waals surface area contributed by atoms with Gasteiger partial charge in [-0.2, -0.15) is 4.31 Å². The standard InChI is InChI=1S/C26H31N5O3S/c1-18-15-19(2)17-30(16-18)35(33,34)21-11-9-20(10-12-21)26(32)31-14-6-13-29(3)24-25(31)28-23-8-5-4-7-22(23)27-24/h4-5,7-12,18-19H,6,13-17H2,1-3H3/t18-,19-/m0/s1. The molecular formula is C26H31N5O3S. The quantitative estimate of drug-likeness (QED) is 0.552. The van der Waals surface area contributed by atoms with Crippen molar-refractivity contribution in [2.24, 2.45) is 11.8 Å². The number of anilines is 2. The Kier molecular flexibility index (Phi) is 6.23. The molecule has 0 aliphatic carbocycles. The monoisotopic (exact) mass is 493 g/mol. The highest BCUT2D eigenvalue weighted by molar-refractivity contribution is 7.89. The van der Waals surface area contributed by atoms with E-state index in [-0.39, 0.29) is 10.8 Å². The van der Waals surface area contributed by atoms with Gasteiger partial charge in [-0.3, -0.25) is 9.69 Å². The predicted octanol–water partition coefficient (Wildman–Crippen LogP) is 3.78. The van der Waals surface area contributed by atoms with Gasteiger partial charge in [0.15, 0.2) is 11.6 Å². The number of fused-ring (bicyclic) bond motifs is 2. The minimum Gasteiger partial charge on any atom is -0.357 e. The number of para-hydroxylation sites is 2. The van der Waals surface area contributed by atoms with Crippen molar-refractivity contribution in [2.45, 2.75) is 31.6 Å². The number of aromatic nitrogens is 2. The van der Waals surface area contributed by atoms with Crippen molar-refractivity contribution < 1.29 is 13.2 Å². The summed E-state index contributed by atoms with van der Waals surface area (Å²) < 4.78 is 28.0. The molecule has 2 aliphatic rings. The number of carbonyl (C=O) groups excluding carboxylic acids is 1. The van der Waals surface area contributed by atoms with E-state index in [9.17, 15) is 13.2 Å². The number of benzene rings is 2. The molecule has 3 heterocycles. The van der Waals surface area contributed by atoms with E-state index in [1.165, 1.54) is 0 Å². The van der Waals surface area contributed by atoms with Crippen molar-refractivity contribution in [1.29, 1.82) is 0 Å². The third-order valence-corrected chi connectivity index (χ3v) is 8.69. The summed E-state index contributed by atoms with van der Waals surface area (Å²) in [6.45, 7) is 6.49. The Morgan fingerprint density at radius 2 is 1.49 bits per heavy atom. The molecule has 0 unspecified atom stereocenters. The maximum Gasteiger partial charge on any atom is 0.259 e. The molecule has 3 aromatic rings. The minimum atomic E-state index is -3.60. The summed E-state index contributed by atoms with van der Waals surface area (Å²) in [5.41, 5.74) is 1.93. The highest BCUT2D eigenvalue weighted by Gasteiger charge is 2.32. The van der Waals surface area contributed by atoms with Crippen LogP contribution in [0.4, 0.5) is 11.6 Å². The second-order valence-electron chi connectivity index (χ2n) is 9.88.